The zero-order valence-electron chi connectivity index (χ0n) is 11.5. The van der Waals surface area contributed by atoms with Crippen molar-refractivity contribution >= 4 is 11.0 Å². The van der Waals surface area contributed by atoms with Crippen molar-refractivity contribution in [2.24, 2.45) is 0 Å². The first kappa shape index (κ1) is 13.8. The van der Waals surface area contributed by atoms with Crippen molar-refractivity contribution in [3.8, 4) is 34.3 Å². The van der Waals surface area contributed by atoms with E-state index in [-0.39, 0.29) is 34.0 Å². The number of fused-ring (bicyclic) bond motifs is 1. The van der Waals surface area contributed by atoms with Crippen LogP contribution in [-0.2, 0) is 0 Å². The third-order valence-corrected chi connectivity index (χ3v) is 3.32. The molecule has 0 fully saturated rings. The van der Waals surface area contributed by atoms with Crippen molar-refractivity contribution in [1.82, 2.24) is 0 Å². The number of para-hydroxylation sites is 1. The summed E-state index contributed by atoms with van der Waals surface area (Å²) >= 11 is 0. The molecule has 3 N–H and O–H groups in total. The SMILES string of the molecule is COc1cc(-c2oc3c(O)cccc3c(=O)c2O)ccc1O. The number of methoxy groups -OCH3 is 1. The lowest BCUT2D eigenvalue weighted by Gasteiger charge is -2.09. The average Bonchev–Trinajstić information content (AvgIpc) is 2.52. The lowest BCUT2D eigenvalue weighted by Crippen LogP contribution is -2.02. The van der Waals surface area contributed by atoms with Crippen molar-refractivity contribution < 1.29 is 24.5 Å². The zero-order valence-corrected chi connectivity index (χ0v) is 11.5. The van der Waals surface area contributed by atoms with Gasteiger partial charge in [0.25, 0.3) is 0 Å². The summed E-state index contributed by atoms with van der Waals surface area (Å²) in [5.41, 5.74) is -0.346. The molecule has 3 aromatic rings. The molecule has 22 heavy (non-hydrogen) atoms. The number of hydrogen-bond donors (Lipinski definition) is 3. The van der Waals surface area contributed by atoms with E-state index in [0.29, 0.717) is 5.56 Å². The Bertz CT molecular complexity index is 926. The van der Waals surface area contributed by atoms with Crippen LogP contribution in [-0.4, -0.2) is 22.4 Å². The van der Waals surface area contributed by atoms with Gasteiger partial charge in [0.15, 0.2) is 28.6 Å². The Labute approximate surface area is 124 Å². The van der Waals surface area contributed by atoms with Crippen LogP contribution in [0.5, 0.6) is 23.0 Å². The molecule has 0 spiro atoms. The third kappa shape index (κ3) is 2.01. The molecule has 1 heterocycles. The molecule has 0 bridgehead atoms. The molecule has 3 rings (SSSR count). The summed E-state index contributed by atoms with van der Waals surface area (Å²) in [5, 5.41) is 29.6. The Balaban J connectivity index is 2.34. The highest BCUT2D eigenvalue weighted by molar-refractivity contribution is 5.86. The number of benzene rings is 2. The molecule has 2 aromatic carbocycles. The second kappa shape index (κ2) is 5.00. The van der Waals surface area contributed by atoms with Gasteiger partial charge in [-0.3, -0.25) is 4.79 Å². The van der Waals surface area contributed by atoms with Gasteiger partial charge in [-0.15, -0.1) is 0 Å². The average molecular weight is 300 g/mol. The maximum atomic E-state index is 12.2. The lowest BCUT2D eigenvalue weighted by atomic mass is 10.1. The molecule has 0 saturated heterocycles. The van der Waals surface area contributed by atoms with Gasteiger partial charge < -0.3 is 24.5 Å². The van der Waals surface area contributed by atoms with Gasteiger partial charge in [0.2, 0.25) is 11.2 Å². The normalized spacial score (nSPS) is 10.8. The molecular formula is C16H12O6. The lowest BCUT2D eigenvalue weighted by molar-refractivity contribution is 0.373. The smallest absolute Gasteiger partial charge is 0.235 e. The van der Waals surface area contributed by atoms with Gasteiger partial charge in [0, 0.05) is 5.56 Å². The summed E-state index contributed by atoms with van der Waals surface area (Å²) < 4.78 is 10.5. The topological polar surface area (TPSA) is 100 Å². The van der Waals surface area contributed by atoms with Crippen molar-refractivity contribution in [3.05, 3.63) is 46.6 Å². The predicted molar refractivity (Wildman–Crippen MR) is 79.5 cm³/mol. The minimum Gasteiger partial charge on any atom is -0.504 e. The number of phenolic OH excluding ortho intramolecular Hbond substituents is 2. The van der Waals surface area contributed by atoms with Crippen LogP contribution in [0.25, 0.3) is 22.3 Å². The van der Waals surface area contributed by atoms with Crippen LogP contribution in [0, 0.1) is 0 Å². The van der Waals surface area contributed by atoms with Crippen LogP contribution >= 0.6 is 0 Å². The standard InChI is InChI=1S/C16H12O6/c1-21-12-7-8(5-6-10(12)17)15-14(20)13(19)9-3-2-4-11(18)16(9)22-15/h2-7,17-18,20H,1H3. The maximum Gasteiger partial charge on any atom is 0.235 e. The van der Waals surface area contributed by atoms with Gasteiger partial charge in [0.05, 0.1) is 12.5 Å². The Kier molecular flexibility index (Phi) is 3.14. The molecule has 0 unspecified atom stereocenters. The molecule has 6 heteroatoms. The maximum absolute atomic E-state index is 12.2. The van der Waals surface area contributed by atoms with Gasteiger partial charge in [-0.05, 0) is 30.3 Å². The minimum atomic E-state index is -0.654. The van der Waals surface area contributed by atoms with Gasteiger partial charge in [-0.2, -0.15) is 0 Å². The molecule has 0 amide bonds. The molecule has 112 valence electrons. The van der Waals surface area contributed by atoms with Crippen molar-refractivity contribution in [1.29, 1.82) is 0 Å². The second-order valence-electron chi connectivity index (χ2n) is 4.65. The Hall–Kier alpha value is -3.15. The molecule has 0 saturated carbocycles. The molecule has 0 aliphatic heterocycles. The Morgan fingerprint density at radius 3 is 2.55 bits per heavy atom. The van der Waals surface area contributed by atoms with Gasteiger partial charge in [-0.1, -0.05) is 6.07 Å². The summed E-state index contributed by atoms with van der Waals surface area (Å²) in [6.07, 6.45) is 0. The number of hydrogen-bond acceptors (Lipinski definition) is 6. The number of aromatic hydroxyl groups is 3. The summed E-state index contributed by atoms with van der Waals surface area (Å²) in [6.45, 7) is 0. The number of rotatable bonds is 2. The molecule has 0 aliphatic rings. The van der Waals surface area contributed by atoms with E-state index in [9.17, 15) is 20.1 Å². The third-order valence-electron chi connectivity index (χ3n) is 3.32. The highest BCUT2D eigenvalue weighted by atomic mass is 16.5. The minimum absolute atomic E-state index is 0.0210. The quantitative estimate of drug-likeness (QED) is 0.672. The molecule has 6 nitrogen and oxygen atoms in total. The van der Waals surface area contributed by atoms with E-state index in [1.165, 1.54) is 43.5 Å². The van der Waals surface area contributed by atoms with E-state index in [1.807, 2.05) is 0 Å². The van der Waals surface area contributed by atoms with E-state index >= 15 is 0 Å². The van der Waals surface area contributed by atoms with Crippen LogP contribution in [0.2, 0.25) is 0 Å². The van der Waals surface area contributed by atoms with Crippen LogP contribution in [0.4, 0.5) is 0 Å². The molecule has 0 atom stereocenters. The summed E-state index contributed by atoms with van der Waals surface area (Å²) in [5.74, 6) is -0.821. The van der Waals surface area contributed by atoms with E-state index in [4.69, 9.17) is 9.15 Å². The van der Waals surface area contributed by atoms with Crippen LogP contribution in [0.15, 0.2) is 45.6 Å². The fraction of sp³-hybridized carbons (Fsp3) is 0.0625. The number of ether oxygens (including phenoxy) is 1. The summed E-state index contributed by atoms with van der Waals surface area (Å²) in [4.78, 5) is 12.2. The van der Waals surface area contributed by atoms with Gasteiger partial charge >= 0.3 is 0 Å². The molecular weight excluding hydrogens is 288 g/mol. The van der Waals surface area contributed by atoms with E-state index in [1.54, 1.807) is 0 Å². The highest BCUT2D eigenvalue weighted by Crippen LogP contribution is 2.37. The van der Waals surface area contributed by atoms with Crippen LogP contribution in [0.3, 0.4) is 0 Å². The largest absolute Gasteiger partial charge is 0.504 e. The Morgan fingerprint density at radius 2 is 1.82 bits per heavy atom. The fourth-order valence-corrected chi connectivity index (χ4v) is 2.21. The van der Waals surface area contributed by atoms with Crippen molar-refractivity contribution in [3.63, 3.8) is 0 Å². The van der Waals surface area contributed by atoms with E-state index in [2.05, 4.69) is 0 Å². The second-order valence-corrected chi connectivity index (χ2v) is 4.65. The first-order valence-corrected chi connectivity index (χ1v) is 6.38. The zero-order chi connectivity index (χ0) is 15.9. The molecule has 1 aromatic heterocycles. The first-order valence-electron chi connectivity index (χ1n) is 6.38. The summed E-state index contributed by atoms with van der Waals surface area (Å²) in [7, 11) is 1.38. The van der Waals surface area contributed by atoms with Gasteiger partial charge in [0.1, 0.15) is 0 Å². The number of phenols is 2. The fourth-order valence-electron chi connectivity index (χ4n) is 2.21. The van der Waals surface area contributed by atoms with Gasteiger partial charge in [-0.25, -0.2) is 0 Å². The summed E-state index contributed by atoms with van der Waals surface area (Å²) in [6, 6.07) is 8.53. The molecule has 0 radical (unpaired) electrons. The van der Waals surface area contributed by atoms with E-state index < -0.39 is 11.2 Å². The first-order chi connectivity index (χ1) is 10.5. The highest BCUT2D eigenvalue weighted by Gasteiger charge is 2.18. The van der Waals surface area contributed by atoms with E-state index in [0.717, 1.165) is 0 Å². The van der Waals surface area contributed by atoms with Crippen molar-refractivity contribution in [2.75, 3.05) is 7.11 Å². The Morgan fingerprint density at radius 1 is 1.05 bits per heavy atom. The van der Waals surface area contributed by atoms with Crippen LogP contribution in [0.1, 0.15) is 0 Å². The van der Waals surface area contributed by atoms with Crippen molar-refractivity contribution in [2.45, 2.75) is 0 Å². The monoisotopic (exact) mass is 300 g/mol. The predicted octanol–water partition coefficient (Wildman–Crippen LogP) is 2.59. The molecule has 0 aliphatic carbocycles. The van der Waals surface area contributed by atoms with Crippen LogP contribution < -0.4 is 10.2 Å².